The molecule has 0 bridgehead atoms. The number of hydrogen-bond acceptors (Lipinski definition) is 3. The zero-order chi connectivity index (χ0) is 12.3. The fraction of sp³-hybridized carbons (Fsp3) is 0.923. The van der Waals surface area contributed by atoms with Gasteiger partial charge in [0.25, 0.3) is 5.91 Å². The third kappa shape index (κ3) is 2.63. The Morgan fingerprint density at radius 1 is 1.35 bits per heavy atom. The number of nitrogens with zero attached hydrogens (tertiary/aromatic N) is 1. The highest BCUT2D eigenvalue weighted by Gasteiger charge is 2.36. The Hall–Kier alpha value is -0.610. The molecule has 2 unspecified atom stereocenters. The minimum absolute atomic E-state index is 0.186. The summed E-state index contributed by atoms with van der Waals surface area (Å²) in [6.07, 6.45) is 5.18. The molecule has 98 valence electrons. The summed E-state index contributed by atoms with van der Waals surface area (Å²) in [7, 11) is 0. The summed E-state index contributed by atoms with van der Waals surface area (Å²) >= 11 is 0. The number of carbonyl (C=O) groups excluding carboxylic acids is 1. The maximum absolute atomic E-state index is 12.4. The van der Waals surface area contributed by atoms with Crippen LogP contribution >= 0.6 is 0 Å². The highest BCUT2D eigenvalue weighted by Crippen LogP contribution is 2.30. The van der Waals surface area contributed by atoms with E-state index >= 15 is 0 Å². The van der Waals surface area contributed by atoms with Gasteiger partial charge in [-0.25, -0.2) is 0 Å². The molecule has 1 amide bonds. The average Bonchev–Trinajstić information content (AvgIpc) is 3.01. The maximum Gasteiger partial charge on any atom is 0.251 e. The second-order valence-corrected chi connectivity index (χ2v) is 5.12. The second-order valence-electron chi connectivity index (χ2n) is 5.12. The van der Waals surface area contributed by atoms with Crippen LogP contribution in [0.3, 0.4) is 0 Å². The number of hydrogen-bond donors (Lipinski definition) is 1. The fourth-order valence-electron chi connectivity index (χ4n) is 3.21. The van der Waals surface area contributed by atoms with Crippen LogP contribution in [0.25, 0.3) is 0 Å². The van der Waals surface area contributed by atoms with E-state index in [1.54, 1.807) is 0 Å². The molecule has 2 fully saturated rings. The van der Waals surface area contributed by atoms with Crippen molar-refractivity contribution in [3.63, 3.8) is 0 Å². The van der Waals surface area contributed by atoms with Crippen molar-refractivity contribution < 1.29 is 9.53 Å². The van der Waals surface area contributed by atoms with E-state index in [-0.39, 0.29) is 12.0 Å². The molecule has 1 saturated carbocycles. The minimum Gasteiger partial charge on any atom is -0.368 e. The summed E-state index contributed by atoms with van der Waals surface area (Å²) < 4.78 is 5.50. The van der Waals surface area contributed by atoms with Crippen molar-refractivity contribution in [1.29, 1.82) is 0 Å². The predicted molar refractivity (Wildman–Crippen MR) is 66.5 cm³/mol. The lowest BCUT2D eigenvalue weighted by Gasteiger charge is -2.33. The number of carbonyl (C=O) groups is 1. The average molecular weight is 240 g/mol. The van der Waals surface area contributed by atoms with E-state index in [9.17, 15) is 4.79 Å². The van der Waals surface area contributed by atoms with Gasteiger partial charge >= 0.3 is 0 Å². The van der Waals surface area contributed by atoms with Crippen LogP contribution in [0.2, 0.25) is 0 Å². The van der Waals surface area contributed by atoms with E-state index in [1.807, 2.05) is 4.90 Å². The number of likely N-dealkylation sites (N-methyl/N-ethyl adjacent to an activating group) is 1. The van der Waals surface area contributed by atoms with Crippen LogP contribution in [0.5, 0.6) is 0 Å². The van der Waals surface area contributed by atoms with E-state index in [4.69, 9.17) is 10.5 Å². The van der Waals surface area contributed by atoms with Crippen molar-refractivity contribution in [2.24, 2.45) is 11.7 Å². The third-order valence-corrected chi connectivity index (χ3v) is 4.15. The normalized spacial score (nSPS) is 32.9. The Morgan fingerprint density at radius 2 is 2.18 bits per heavy atom. The molecule has 0 spiro atoms. The third-order valence-electron chi connectivity index (χ3n) is 4.15. The van der Waals surface area contributed by atoms with Gasteiger partial charge in [0.05, 0.1) is 0 Å². The summed E-state index contributed by atoms with van der Waals surface area (Å²) in [6, 6.07) is 0.349. The standard InChI is InChI=1S/C13H24N2O2/c1-2-15(11-6-3-5-10(11)9-14)13(16)12-7-4-8-17-12/h10-12H,2-9,14H2,1H3/t10?,11?,12-/m1/s1. The van der Waals surface area contributed by atoms with Gasteiger partial charge in [0.2, 0.25) is 0 Å². The largest absolute Gasteiger partial charge is 0.368 e. The molecule has 1 heterocycles. The van der Waals surface area contributed by atoms with E-state index in [1.165, 1.54) is 6.42 Å². The molecule has 0 aromatic heterocycles. The zero-order valence-electron chi connectivity index (χ0n) is 10.7. The van der Waals surface area contributed by atoms with Crippen LogP contribution in [0, 0.1) is 5.92 Å². The van der Waals surface area contributed by atoms with Gasteiger partial charge in [-0.15, -0.1) is 0 Å². The van der Waals surface area contributed by atoms with Crippen molar-refractivity contribution in [3.8, 4) is 0 Å². The topological polar surface area (TPSA) is 55.6 Å². The van der Waals surface area contributed by atoms with Gasteiger partial charge in [0.15, 0.2) is 0 Å². The van der Waals surface area contributed by atoms with Crippen molar-refractivity contribution in [2.45, 2.75) is 51.2 Å². The molecule has 2 aliphatic rings. The first-order valence-corrected chi connectivity index (χ1v) is 6.90. The molecular weight excluding hydrogens is 216 g/mol. The molecule has 0 aromatic carbocycles. The van der Waals surface area contributed by atoms with Crippen molar-refractivity contribution in [1.82, 2.24) is 4.90 Å². The van der Waals surface area contributed by atoms with E-state index < -0.39 is 0 Å². The van der Waals surface area contributed by atoms with Gasteiger partial charge in [-0.05, 0) is 45.1 Å². The monoisotopic (exact) mass is 240 g/mol. The van der Waals surface area contributed by atoms with Gasteiger partial charge in [0, 0.05) is 19.2 Å². The predicted octanol–water partition coefficient (Wildman–Crippen LogP) is 1.14. The van der Waals surface area contributed by atoms with Gasteiger partial charge in [-0.1, -0.05) is 6.42 Å². The number of nitrogens with two attached hydrogens (primary N) is 1. The minimum atomic E-state index is -0.186. The lowest BCUT2D eigenvalue weighted by atomic mass is 10.0. The van der Waals surface area contributed by atoms with E-state index in [0.29, 0.717) is 18.5 Å². The molecule has 0 radical (unpaired) electrons. The van der Waals surface area contributed by atoms with E-state index in [0.717, 1.165) is 38.8 Å². The van der Waals surface area contributed by atoms with Crippen LogP contribution in [0.4, 0.5) is 0 Å². The summed E-state index contributed by atoms with van der Waals surface area (Å²) in [5, 5.41) is 0. The van der Waals surface area contributed by atoms with Crippen LogP contribution in [-0.2, 0) is 9.53 Å². The zero-order valence-corrected chi connectivity index (χ0v) is 10.7. The quantitative estimate of drug-likeness (QED) is 0.801. The summed E-state index contributed by atoms with van der Waals surface area (Å²) in [4.78, 5) is 14.4. The van der Waals surface area contributed by atoms with Crippen molar-refractivity contribution in [2.75, 3.05) is 19.7 Å². The molecule has 1 saturated heterocycles. The molecule has 4 heteroatoms. The first-order chi connectivity index (χ1) is 8.27. The lowest BCUT2D eigenvalue weighted by molar-refractivity contribution is -0.143. The molecule has 3 atom stereocenters. The molecule has 2 rings (SSSR count). The molecule has 17 heavy (non-hydrogen) atoms. The Labute approximate surface area is 103 Å². The second kappa shape index (κ2) is 5.83. The van der Waals surface area contributed by atoms with Crippen molar-refractivity contribution >= 4 is 5.91 Å². The molecule has 0 aromatic rings. The Morgan fingerprint density at radius 3 is 2.76 bits per heavy atom. The fourth-order valence-corrected chi connectivity index (χ4v) is 3.21. The number of ether oxygens (including phenoxy) is 1. The summed E-state index contributed by atoms with van der Waals surface area (Å²) in [5.74, 6) is 0.677. The van der Waals surface area contributed by atoms with Gasteiger partial charge in [0.1, 0.15) is 6.10 Å². The summed E-state index contributed by atoms with van der Waals surface area (Å²) in [6.45, 7) is 4.26. The summed E-state index contributed by atoms with van der Waals surface area (Å²) in [5.41, 5.74) is 5.80. The molecule has 1 aliphatic heterocycles. The van der Waals surface area contributed by atoms with Crippen LogP contribution in [0.1, 0.15) is 39.0 Å². The van der Waals surface area contributed by atoms with Crippen LogP contribution in [-0.4, -0.2) is 42.6 Å². The van der Waals surface area contributed by atoms with Gasteiger partial charge in [-0.3, -0.25) is 4.79 Å². The Balaban J connectivity index is 2.01. The van der Waals surface area contributed by atoms with Crippen LogP contribution in [0.15, 0.2) is 0 Å². The number of rotatable bonds is 4. The smallest absolute Gasteiger partial charge is 0.251 e. The molecule has 4 nitrogen and oxygen atoms in total. The highest BCUT2D eigenvalue weighted by atomic mass is 16.5. The van der Waals surface area contributed by atoms with Gasteiger partial charge in [-0.2, -0.15) is 0 Å². The first-order valence-electron chi connectivity index (χ1n) is 6.90. The van der Waals surface area contributed by atoms with E-state index in [2.05, 4.69) is 6.92 Å². The Bertz CT molecular complexity index is 264. The molecular formula is C13H24N2O2. The Kier molecular flexibility index (Phi) is 4.40. The number of amides is 1. The SMILES string of the molecule is CCN(C(=O)[C@H]1CCCO1)C1CCCC1CN. The first kappa shape index (κ1) is 12.8. The highest BCUT2D eigenvalue weighted by molar-refractivity contribution is 5.81. The molecule has 2 N–H and O–H groups in total. The van der Waals surface area contributed by atoms with Crippen LogP contribution < -0.4 is 5.73 Å². The van der Waals surface area contributed by atoms with Gasteiger partial charge < -0.3 is 15.4 Å². The molecule has 1 aliphatic carbocycles. The van der Waals surface area contributed by atoms with Crippen molar-refractivity contribution in [3.05, 3.63) is 0 Å². The maximum atomic E-state index is 12.4. The lowest BCUT2D eigenvalue weighted by Crippen LogP contribution is -2.48.